The van der Waals surface area contributed by atoms with Crippen molar-refractivity contribution in [3.8, 4) is 0 Å². The lowest BCUT2D eigenvalue weighted by molar-refractivity contribution is 0.165. The van der Waals surface area contributed by atoms with E-state index in [0.29, 0.717) is 37.5 Å². The Morgan fingerprint density at radius 1 is 1.56 bits per heavy atom. The molecule has 1 heterocycles. The van der Waals surface area contributed by atoms with Crippen molar-refractivity contribution < 1.29 is 14.4 Å². The average molecular weight is 227 g/mol. The van der Waals surface area contributed by atoms with Crippen LogP contribution in [0.2, 0.25) is 0 Å². The SMILES string of the molecule is COCc1noc(CN(CCO)C2CC2)n1. The molecule has 0 spiro atoms. The van der Waals surface area contributed by atoms with Crippen LogP contribution in [0.15, 0.2) is 4.52 Å². The minimum absolute atomic E-state index is 0.162. The second-order valence-corrected chi connectivity index (χ2v) is 3.96. The van der Waals surface area contributed by atoms with Crippen molar-refractivity contribution in [3.05, 3.63) is 11.7 Å². The van der Waals surface area contributed by atoms with Crippen LogP contribution in [0.4, 0.5) is 0 Å². The smallest absolute Gasteiger partial charge is 0.240 e. The van der Waals surface area contributed by atoms with Gasteiger partial charge in [0.1, 0.15) is 6.61 Å². The summed E-state index contributed by atoms with van der Waals surface area (Å²) in [7, 11) is 1.60. The highest BCUT2D eigenvalue weighted by atomic mass is 16.5. The summed E-state index contributed by atoms with van der Waals surface area (Å²) in [4.78, 5) is 6.38. The molecule has 0 unspecified atom stereocenters. The summed E-state index contributed by atoms with van der Waals surface area (Å²) in [5, 5.41) is 12.8. The van der Waals surface area contributed by atoms with Gasteiger partial charge in [0, 0.05) is 19.7 Å². The highest BCUT2D eigenvalue weighted by Gasteiger charge is 2.29. The van der Waals surface area contributed by atoms with Gasteiger partial charge in [-0.05, 0) is 12.8 Å². The third-order valence-corrected chi connectivity index (χ3v) is 2.57. The van der Waals surface area contributed by atoms with Crippen LogP contribution >= 0.6 is 0 Å². The zero-order valence-electron chi connectivity index (χ0n) is 9.43. The number of aliphatic hydroxyl groups is 1. The lowest BCUT2D eigenvalue weighted by Crippen LogP contribution is -2.28. The first-order valence-corrected chi connectivity index (χ1v) is 5.48. The van der Waals surface area contributed by atoms with Crippen LogP contribution in [0.3, 0.4) is 0 Å². The first-order chi connectivity index (χ1) is 7.83. The fourth-order valence-electron chi connectivity index (χ4n) is 1.67. The number of ether oxygens (including phenoxy) is 1. The van der Waals surface area contributed by atoms with Gasteiger partial charge >= 0.3 is 0 Å². The molecule has 0 radical (unpaired) electrons. The first-order valence-electron chi connectivity index (χ1n) is 5.48. The Morgan fingerprint density at radius 2 is 2.38 bits per heavy atom. The topological polar surface area (TPSA) is 71.6 Å². The molecule has 6 heteroatoms. The number of aliphatic hydroxyl groups excluding tert-OH is 1. The maximum absolute atomic E-state index is 8.95. The lowest BCUT2D eigenvalue weighted by atomic mass is 10.4. The Kier molecular flexibility index (Phi) is 3.87. The van der Waals surface area contributed by atoms with E-state index in [1.165, 1.54) is 12.8 Å². The largest absolute Gasteiger partial charge is 0.395 e. The number of rotatable bonds is 7. The van der Waals surface area contributed by atoms with Gasteiger partial charge in [0.15, 0.2) is 5.82 Å². The van der Waals surface area contributed by atoms with Gasteiger partial charge in [-0.1, -0.05) is 5.16 Å². The maximum atomic E-state index is 8.95. The van der Waals surface area contributed by atoms with Gasteiger partial charge in [0.05, 0.1) is 13.2 Å². The molecular weight excluding hydrogens is 210 g/mol. The average Bonchev–Trinajstić information content (AvgIpc) is 3.02. The number of hydrogen-bond acceptors (Lipinski definition) is 6. The van der Waals surface area contributed by atoms with Crippen LogP contribution in [0.1, 0.15) is 24.6 Å². The minimum Gasteiger partial charge on any atom is -0.395 e. The summed E-state index contributed by atoms with van der Waals surface area (Å²) < 4.78 is 10.0. The molecule has 0 bridgehead atoms. The van der Waals surface area contributed by atoms with Gasteiger partial charge in [-0.3, -0.25) is 4.90 Å². The molecule has 2 rings (SSSR count). The number of methoxy groups -OCH3 is 1. The minimum atomic E-state index is 0.162. The van der Waals surface area contributed by atoms with Gasteiger partial charge in [0.25, 0.3) is 0 Å². The molecule has 0 atom stereocenters. The van der Waals surface area contributed by atoms with Crippen molar-refractivity contribution in [3.63, 3.8) is 0 Å². The van der Waals surface area contributed by atoms with E-state index in [1.807, 2.05) is 0 Å². The Labute approximate surface area is 94.2 Å². The van der Waals surface area contributed by atoms with E-state index >= 15 is 0 Å². The van der Waals surface area contributed by atoms with Crippen molar-refractivity contribution in [1.29, 1.82) is 0 Å². The van der Waals surface area contributed by atoms with E-state index < -0.39 is 0 Å². The zero-order valence-corrected chi connectivity index (χ0v) is 9.43. The quantitative estimate of drug-likeness (QED) is 0.716. The van der Waals surface area contributed by atoms with Gasteiger partial charge in [-0.15, -0.1) is 0 Å². The molecule has 0 aromatic carbocycles. The van der Waals surface area contributed by atoms with E-state index in [2.05, 4.69) is 15.0 Å². The molecule has 1 aromatic heterocycles. The summed E-state index contributed by atoms with van der Waals surface area (Å²) >= 11 is 0. The molecule has 6 nitrogen and oxygen atoms in total. The normalized spacial score (nSPS) is 15.9. The van der Waals surface area contributed by atoms with Gasteiger partial charge < -0.3 is 14.4 Å². The highest BCUT2D eigenvalue weighted by Crippen LogP contribution is 2.27. The van der Waals surface area contributed by atoms with Gasteiger partial charge in [0.2, 0.25) is 5.89 Å². The molecular formula is C10H17N3O3. The van der Waals surface area contributed by atoms with Crippen molar-refractivity contribution in [1.82, 2.24) is 15.0 Å². The fraction of sp³-hybridized carbons (Fsp3) is 0.800. The maximum Gasteiger partial charge on any atom is 0.240 e. The Balaban J connectivity index is 1.89. The number of hydrogen-bond donors (Lipinski definition) is 1. The lowest BCUT2D eigenvalue weighted by Gasteiger charge is -2.17. The molecule has 1 N–H and O–H groups in total. The molecule has 1 saturated carbocycles. The molecule has 0 aliphatic heterocycles. The Bertz CT molecular complexity index is 325. The van der Waals surface area contributed by atoms with Crippen LogP contribution in [-0.4, -0.2) is 46.5 Å². The van der Waals surface area contributed by atoms with Crippen molar-refractivity contribution in [2.75, 3.05) is 20.3 Å². The van der Waals surface area contributed by atoms with E-state index in [-0.39, 0.29) is 6.61 Å². The van der Waals surface area contributed by atoms with Crippen molar-refractivity contribution in [2.24, 2.45) is 0 Å². The summed E-state index contributed by atoms with van der Waals surface area (Å²) in [6.45, 7) is 1.80. The predicted octanol–water partition coefficient (Wildman–Crippen LogP) is 0.173. The van der Waals surface area contributed by atoms with E-state index in [1.54, 1.807) is 7.11 Å². The highest BCUT2D eigenvalue weighted by molar-refractivity contribution is 4.90. The summed E-state index contributed by atoms with van der Waals surface area (Å²) in [6, 6.07) is 0.574. The van der Waals surface area contributed by atoms with E-state index in [4.69, 9.17) is 14.4 Å². The fourth-order valence-corrected chi connectivity index (χ4v) is 1.67. The predicted molar refractivity (Wildman–Crippen MR) is 55.5 cm³/mol. The molecule has 0 saturated heterocycles. The van der Waals surface area contributed by atoms with Crippen LogP contribution in [-0.2, 0) is 17.9 Å². The molecule has 1 aromatic rings. The molecule has 1 aliphatic rings. The van der Waals surface area contributed by atoms with Gasteiger partial charge in [-0.25, -0.2) is 0 Å². The third kappa shape index (κ3) is 3.01. The molecule has 16 heavy (non-hydrogen) atoms. The standard InChI is InChI=1S/C10H17N3O3/c1-15-7-9-11-10(16-12-9)6-13(4-5-14)8-2-3-8/h8,14H,2-7H2,1H3. The van der Waals surface area contributed by atoms with Crippen LogP contribution in [0.25, 0.3) is 0 Å². The van der Waals surface area contributed by atoms with Gasteiger partial charge in [-0.2, -0.15) is 4.98 Å². The zero-order chi connectivity index (χ0) is 11.4. The van der Waals surface area contributed by atoms with Crippen molar-refractivity contribution in [2.45, 2.75) is 32.0 Å². The van der Waals surface area contributed by atoms with E-state index in [9.17, 15) is 0 Å². The van der Waals surface area contributed by atoms with Crippen LogP contribution in [0, 0.1) is 0 Å². The molecule has 0 amide bonds. The van der Waals surface area contributed by atoms with Crippen molar-refractivity contribution >= 4 is 0 Å². The second-order valence-electron chi connectivity index (χ2n) is 3.96. The number of nitrogens with zero attached hydrogens (tertiary/aromatic N) is 3. The summed E-state index contributed by atoms with van der Waals surface area (Å²) in [6.07, 6.45) is 2.39. The van der Waals surface area contributed by atoms with Crippen LogP contribution < -0.4 is 0 Å². The third-order valence-electron chi connectivity index (χ3n) is 2.57. The second kappa shape index (κ2) is 5.38. The Hall–Kier alpha value is -0.980. The number of aromatic nitrogens is 2. The summed E-state index contributed by atoms with van der Waals surface area (Å²) in [5.74, 6) is 1.16. The Morgan fingerprint density at radius 3 is 3.00 bits per heavy atom. The molecule has 1 aliphatic carbocycles. The van der Waals surface area contributed by atoms with Crippen LogP contribution in [0.5, 0.6) is 0 Å². The molecule has 90 valence electrons. The molecule has 1 fully saturated rings. The monoisotopic (exact) mass is 227 g/mol. The summed E-state index contributed by atoms with van der Waals surface area (Å²) in [5.41, 5.74) is 0. The first kappa shape index (κ1) is 11.5. The van der Waals surface area contributed by atoms with E-state index in [0.717, 1.165) is 0 Å².